The maximum atomic E-state index is 11.7. The van der Waals surface area contributed by atoms with Crippen molar-refractivity contribution in [2.24, 2.45) is 0 Å². The van der Waals surface area contributed by atoms with Crippen molar-refractivity contribution in [2.45, 2.75) is 142 Å². The number of carbonyl (C=O) groups is 2. The Balaban J connectivity index is 3.23. The minimum absolute atomic E-state index is 0.191. The largest absolute Gasteiger partial charge is 0.466 e. The first-order valence-electron chi connectivity index (χ1n) is 13.0. The quantitative estimate of drug-likeness (QED) is 0.123. The van der Waals surface area contributed by atoms with Gasteiger partial charge in [0.15, 0.2) is 0 Å². The highest BCUT2D eigenvalue weighted by Gasteiger charge is 2.07. The zero-order valence-electron chi connectivity index (χ0n) is 20.2. The maximum Gasteiger partial charge on any atom is 0.305 e. The SMILES string of the molecule is CCCCCCCCCCCCCCCCOC(=O)CCCC(=O)OCCCCC. The van der Waals surface area contributed by atoms with Gasteiger partial charge in [-0.25, -0.2) is 0 Å². The molecule has 4 heteroatoms. The normalized spacial score (nSPS) is 10.9. The van der Waals surface area contributed by atoms with Crippen LogP contribution in [0.15, 0.2) is 0 Å². The van der Waals surface area contributed by atoms with Crippen LogP contribution in [0.25, 0.3) is 0 Å². The van der Waals surface area contributed by atoms with E-state index in [1.807, 2.05) is 0 Å². The summed E-state index contributed by atoms with van der Waals surface area (Å²) in [6, 6.07) is 0. The molecule has 0 rings (SSSR count). The van der Waals surface area contributed by atoms with Crippen LogP contribution in [-0.2, 0) is 19.1 Å². The third-order valence-electron chi connectivity index (χ3n) is 5.53. The second-order valence-corrected chi connectivity index (χ2v) is 8.60. The van der Waals surface area contributed by atoms with Crippen molar-refractivity contribution in [3.05, 3.63) is 0 Å². The molecule has 0 amide bonds. The van der Waals surface area contributed by atoms with Crippen LogP contribution < -0.4 is 0 Å². The van der Waals surface area contributed by atoms with Gasteiger partial charge in [-0.15, -0.1) is 0 Å². The van der Waals surface area contributed by atoms with E-state index < -0.39 is 0 Å². The van der Waals surface area contributed by atoms with Crippen LogP contribution in [0.2, 0.25) is 0 Å². The van der Waals surface area contributed by atoms with Crippen LogP contribution in [0.4, 0.5) is 0 Å². The van der Waals surface area contributed by atoms with E-state index in [-0.39, 0.29) is 11.9 Å². The minimum Gasteiger partial charge on any atom is -0.466 e. The number of hydrogen-bond acceptors (Lipinski definition) is 4. The maximum absolute atomic E-state index is 11.7. The molecule has 0 aliphatic carbocycles. The summed E-state index contributed by atoms with van der Waals surface area (Å²) in [7, 11) is 0. The second kappa shape index (κ2) is 24.2. The standard InChI is InChI=1S/C26H50O4/c1-3-5-7-8-9-10-11-12-13-14-15-16-17-19-24-30-26(28)22-20-21-25(27)29-23-18-6-4-2/h3-24H2,1-2H3. The fraction of sp³-hybridized carbons (Fsp3) is 0.923. The molecule has 0 saturated heterocycles. The third-order valence-corrected chi connectivity index (χ3v) is 5.53. The molecule has 0 unspecified atom stereocenters. The molecule has 30 heavy (non-hydrogen) atoms. The van der Waals surface area contributed by atoms with E-state index >= 15 is 0 Å². The van der Waals surface area contributed by atoms with Crippen LogP contribution in [0, 0.1) is 0 Å². The lowest BCUT2D eigenvalue weighted by Crippen LogP contribution is -2.09. The molecule has 0 heterocycles. The molecule has 4 nitrogen and oxygen atoms in total. The van der Waals surface area contributed by atoms with Crippen LogP contribution >= 0.6 is 0 Å². The highest BCUT2D eigenvalue weighted by atomic mass is 16.5. The highest BCUT2D eigenvalue weighted by Crippen LogP contribution is 2.13. The Morgan fingerprint density at radius 1 is 0.433 bits per heavy atom. The number of esters is 2. The zero-order chi connectivity index (χ0) is 22.1. The molecule has 0 spiro atoms. The molecule has 0 radical (unpaired) electrons. The molecule has 0 aromatic carbocycles. The number of unbranched alkanes of at least 4 members (excludes halogenated alkanes) is 15. The number of rotatable bonds is 23. The molecule has 0 atom stereocenters. The first-order chi connectivity index (χ1) is 14.7. The average molecular weight is 427 g/mol. The summed E-state index contributed by atoms with van der Waals surface area (Å²) in [5.74, 6) is -0.394. The number of carbonyl (C=O) groups excluding carboxylic acids is 2. The molecule has 0 bridgehead atoms. The molecule has 0 fully saturated rings. The topological polar surface area (TPSA) is 52.6 Å². The van der Waals surface area contributed by atoms with E-state index in [9.17, 15) is 9.59 Å². The molecule has 0 aromatic heterocycles. The monoisotopic (exact) mass is 426 g/mol. The van der Waals surface area contributed by atoms with Gasteiger partial charge in [0.25, 0.3) is 0 Å². The summed E-state index contributed by atoms with van der Waals surface area (Å²) < 4.78 is 10.4. The second-order valence-electron chi connectivity index (χ2n) is 8.60. The lowest BCUT2D eigenvalue weighted by molar-refractivity contribution is -0.145. The summed E-state index contributed by atoms with van der Waals surface area (Å²) in [6.45, 7) is 5.40. The van der Waals surface area contributed by atoms with Gasteiger partial charge in [0.2, 0.25) is 0 Å². The van der Waals surface area contributed by atoms with Crippen LogP contribution in [-0.4, -0.2) is 25.2 Å². The van der Waals surface area contributed by atoms with Crippen LogP contribution in [0.5, 0.6) is 0 Å². The highest BCUT2D eigenvalue weighted by molar-refractivity contribution is 5.72. The Bertz CT molecular complexity index is 381. The summed E-state index contributed by atoms with van der Waals surface area (Å²) in [5, 5.41) is 0. The molecule has 0 aliphatic heterocycles. The van der Waals surface area contributed by atoms with E-state index in [1.165, 1.54) is 77.0 Å². The van der Waals surface area contributed by atoms with Crippen LogP contribution in [0.3, 0.4) is 0 Å². The first-order valence-corrected chi connectivity index (χ1v) is 13.0. The minimum atomic E-state index is -0.203. The third kappa shape index (κ3) is 23.2. The number of ether oxygens (including phenoxy) is 2. The number of hydrogen-bond donors (Lipinski definition) is 0. The summed E-state index contributed by atoms with van der Waals surface area (Å²) in [5.41, 5.74) is 0. The van der Waals surface area contributed by atoms with Gasteiger partial charge in [-0.1, -0.05) is 110 Å². The first kappa shape index (κ1) is 28.9. The van der Waals surface area contributed by atoms with Crippen molar-refractivity contribution >= 4 is 11.9 Å². The van der Waals surface area contributed by atoms with Gasteiger partial charge < -0.3 is 9.47 Å². The van der Waals surface area contributed by atoms with Crippen LogP contribution in [0.1, 0.15) is 142 Å². The van der Waals surface area contributed by atoms with Gasteiger partial charge in [-0.05, 0) is 19.3 Å². The van der Waals surface area contributed by atoms with Gasteiger partial charge in [0.1, 0.15) is 0 Å². The molecule has 0 aliphatic rings. The van der Waals surface area contributed by atoms with Gasteiger partial charge >= 0.3 is 11.9 Å². The van der Waals surface area contributed by atoms with E-state index in [4.69, 9.17) is 9.47 Å². The lowest BCUT2D eigenvalue weighted by Gasteiger charge is -2.06. The van der Waals surface area contributed by atoms with Crippen molar-refractivity contribution in [3.63, 3.8) is 0 Å². The summed E-state index contributed by atoms with van der Waals surface area (Å²) in [6.07, 6.45) is 22.7. The van der Waals surface area contributed by atoms with E-state index in [2.05, 4.69) is 13.8 Å². The van der Waals surface area contributed by atoms with Crippen molar-refractivity contribution < 1.29 is 19.1 Å². The van der Waals surface area contributed by atoms with Gasteiger partial charge in [-0.3, -0.25) is 9.59 Å². The Morgan fingerprint density at radius 2 is 0.733 bits per heavy atom. The fourth-order valence-corrected chi connectivity index (χ4v) is 3.54. The van der Waals surface area contributed by atoms with Crippen molar-refractivity contribution in [2.75, 3.05) is 13.2 Å². The Kier molecular flexibility index (Phi) is 23.4. The van der Waals surface area contributed by atoms with E-state index in [1.54, 1.807) is 0 Å². The molecular weight excluding hydrogens is 376 g/mol. The van der Waals surface area contributed by atoms with Crippen molar-refractivity contribution in [1.82, 2.24) is 0 Å². The zero-order valence-corrected chi connectivity index (χ0v) is 20.2. The molecule has 0 aromatic rings. The molecule has 0 saturated carbocycles. The molecular formula is C26H50O4. The molecule has 178 valence electrons. The van der Waals surface area contributed by atoms with E-state index in [0.29, 0.717) is 32.5 Å². The smallest absolute Gasteiger partial charge is 0.305 e. The molecule has 0 N–H and O–H groups in total. The fourth-order valence-electron chi connectivity index (χ4n) is 3.54. The predicted molar refractivity (Wildman–Crippen MR) is 126 cm³/mol. The van der Waals surface area contributed by atoms with Gasteiger partial charge in [0.05, 0.1) is 13.2 Å². The van der Waals surface area contributed by atoms with E-state index in [0.717, 1.165) is 32.1 Å². The van der Waals surface area contributed by atoms with Crippen molar-refractivity contribution in [3.8, 4) is 0 Å². The van der Waals surface area contributed by atoms with Crippen molar-refractivity contribution in [1.29, 1.82) is 0 Å². The summed E-state index contributed by atoms with van der Waals surface area (Å²) >= 11 is 0. The lowest BCUT2D eigenvalue weighted by atomic mass is 10.0. The average Bonchev–Trinajstić information content (AvgIpc) is 2.74. The van der Waals surface area contributed by atoms with Gasteiger partial charge in [0, 0.05) is 12.8 Å². The summed E-state index contributed by atoms with van der Waals surface area (Å²) in [4.78, 5) is 23.2. The Hall–Kier alpha value is -1.06. The predicted octanol–water partition coefficient (Wildman–Crippen LogP) is 7.91. The Labute approximate surface area is 186 Å². The van der Waals surface area contributed by atoms with Gasteiger partial charge in [-0.2, -0.15) is 0 Å². The Morgan fingerprint density at radius 3 is 1.13 bits per heavy atom.